The van der Waals surface area contributed by atoms with Crippen LogP contribution in [-0.4, -0.2) is 9.97 Å². The number of fused-ring (bicyclic) bond motifs is 1. The smallest absolute Gasteiger partial charge is 0.0885 e. The Morgan fingerprint density at radius 3 is 2.82 bits per heavy atom. The van der Waals surface area contributed by atoms with Crippen LogP contribution in [0.1, 0.15) is 7.43 Å². The van der Waals surface area contributed by atoms with Gasteiger partial charge in [0, 0.05) is 17.8 Å². The Bertz CT molecular complexity index is 279. The monoisotopic (exact) mass is 146 g/mol. The maximum absolute atomic E-state index is 4.12. The van der Waals surface area contributed by atoms with Gasteiger partial charge in [-0.15, -0.1) is 0 Å². The Morgan fingerprint density at radius 1 is 1.09 bits per heavy atom. The van der Waals surface area contributed by atoms with Gasteiger partial charge in [-0.25, -0.2) is 0 Å². The highest BCUT2D eigenvalue weighted by Gasteiger charge is 1.87. The second-order valence-electron chi connectivity index (χ2n) is 2.07. The fraction of sp³-hybridized carbons (Fsp3) is 0.111. The van der Waals surface area contributed by atoms with Crippen molar-refractivity contribution in [2.45, 2.75) is 7.43 Å². The molecule has 11 heavy (non-hydrogen) atoms. The van der Waals surface area contributed by atoms with Crippen molar-refractivity contribution < 1.29 is 0 Å². The van der Waals surface area contributed by atoms with Crippen molar-refractivity contribution in [3.05, 3.63) is 36.8 Å². The number of rotatable bonds is 0. The van der Waals surface area contributed by atoms with Crippen LogP contribution in [0.15, 0.2) is 36.8 Å². The molecule has 0 aliphatic rings. The van der Waals surface area contributed by atoms with Gasteiger partial charge in [0.2, 0.25) is 0 Å². The molecule has 2 heterocycles. The molecular weight excluding hydrogens is 136 g/mol. The van der Waals surface area contributed by atoms with Crippen LogP contribution in [0.5, 0.6) is 0 Å². The van der Waals surface area contributed by atoms with Gasteiger partial charge in [-0.1, -0.05) is 13.5 Å². The van der Waals surface area contributed by atoms with E-state index >= 15 is 0 Å². The van der Waals surface area contributed by atoms with Crippen LogP contribution < -0.4 is 0 Å². The van der Waals surface area contributed by atoms with E-state index < -0.39 is 0 Å². The van der Waals surface area contributed by atoms with Crippen molar-refractivity contribution in [2.75, 3.05) is 0 Å². The van der Waals surface area contributed by atoms with Crippen LogP contribution >= 0.6 is 0 Å². The van der Waals surface area contributed by atoms with Crippen LogP contribution in [0.3, 0.4) is 0 Å². The summed E-state index contributed by atoms with van der Waals surface area (Å²) in [5.41, 5.74) is 0.949. The molecule has 0 aliphatic carbocycles. The molecule has 0 atom stereocenters. The highest BCUT2D eigenvalue weighted by Crippen LogP contribution is 2.05. The number of hydrogen-bond donors (Lipinski definition) is 0. The summed E-state index contributed by atoms with van der Waals surface area (Å²) in [5.74, 6) is 0. The molecule has 2 rings (SSSR count). The molecule has 0 aromatic carbocycles. The van der Waals surface area contributed by atoms with Crippen molar-refractivity contribution in [3.63, 3.8) is 0 Å². The number of hydrogen-bond acceptors (Lipinski definition) is 2. The summed E-state index contributed by atoms with van der Waals surface area (Å²) in [7, 11) is 0. The molecular formula is C9H10N2. The van der Waals surface area contributed by atoms with E-state index in [1.54, 1.807) is 18.6 Å². The first kappa shape index (κ1) is 7.66. The van der Waals surface area contributed by atoms with E-state index in [2.05, 4.69) is 9.97 Å². The third-order valence-electron chi connectivity index (χ3n) is 1.41. The van der Waals surface area contributed by atoms with Crippen molar-refractivity contribution in [3.8, 4) is 0 Å². The lowest BCUT2D eigenvalue weighted by Crippen LogP contribution is -1.76. The molecule has 2 aromatic rings. The lowest BCUT2D eigenvalue weighted by atomic mass is 10.3. The lowest BCUT2D eigenvalue weighted by Gasteiger charge is -1.90. The average Bonchev–Trinajstić information content (AvgIpc) is 2.05. The Balaban J connectivity index is 0.000000605. The van der Waals surface area contributed by atoms with Crippen molar-refractivity contribution >= 4 is 10.9 Å². The molecule has 0 spiro atoms. The summed E-state index contributed by atoms with van der Waals surface area (Å²) in [5, 5.41) is 1.14. The molecule has 2 nitrogen and oxygen atoms in total. The number of pyridine rings is 2. The van der Waals surface area contributed by atoms with Gasteiger partial charge in [0.15, 0.2) is 0 Å². The predicted molar refractivity (Wildman–Crippen MR) is 46.3 cm³/mol. The second-order valence-corrected chi connectivity index (χ2v) is 2.07. The number of nitrogens with zero attached hydrogens (tertiary/aromatic N) is 2. The number of aromatic nitrogens is 2. The quantitative estimate of drug-likeness (QED) is 0.569. The van der Waals surface area contributed by atoms with Crippen molar-refractivity contribution in [1.29, 1.82) is 0 Å². The molecule has 0 saturated heterocycles. The van der Waals surface area contributed by atoms with E-state index in [-0.39, 0.29) is 7.43 Å². The van der Waals surface area contributed by atoms with E-state index in [9.17, 15) is 0 Å². The molecule has 2 aromatic heterocycles. The molecule has 2 heteroatoms. The highest BCUT2D eigenvalue weighted by atomic mass is 14.7. The van der Waals surface area contributed by atoms with Gasteiger partial charge in [-0.05, 0) is 12.1 Å². The average molecular weight is 146 g/mol. The first-order valence-electron chi connectivity index (χ1n) is 3.11. The molecule has 0 N–H and O–H groups in total. The van der Waals surface area contributed by atoms with Crippen LogP contribution in [0.2, 0.25) is 0 Å². The summed E-state index contributed by atoms with van der Waals surface area (Å²) in [4.78, 5) is 8.07. The molecule has 0 unspecified atom stereocenters. The SMILES string of the molecule is C.c1cnc2cnccc2c1. The molecule has 0 saturated carbocycles. The Hall–Kier alpha value is -1.44. The summed E-state index contributed by atoms with van der Waals surface area (Å²) in [6.07, 6.45) is 5.30. The minimum absolute atomic E-state index is 0. The second kappa shape index (κ2) is 3.10. The van der Waals surface area contributed by atoms with Gasteiger partial charge >= 0.3 is 0 Å². The van der Waals surface area contributed by atoms with E-state index in [4.69, 9.17) is 0 Å². The first-order valence-corrected chi connectivity index (χ1v) is 3.11. The maximum Gasteiger partial charge on any atom is 0.0885 e. The van der Waals surface area contributed by atoms with Crippen LogP contribution in [-0.2, 0) is 0 Å². The topological polar surface area (TPSA) is 25.8 Å². The predicted octanol–water partition coefficient (Wildman–Crippen LogP) is 2.27. The van der Waals surface area contributed by atoms with Crippen LogP contribution in [0.25, 0.3) is 10.9 Å². The Kier molecular flexibility index (Phi) is 2.16. The van der Waals surface area contributed by atoms with Gasteiger partial charge in [0.25, 0.3) is 0 Å². The summed E-state index contributed by atoms with van der Waals surface area (Å²) < 4.78 is 0. The molecule has 0 fully saturated rings. The summed E-state index contributed by atoms with van der Waals surface area (Å²) in [6, 6.07) is 5.88. The lowest BCUT2D eigenvalue weighted by molar-refractivity contribution is 1.31. The van der Waals surface area contributed by atoms with Crippen LogP contribution in [0, 0.1) is 0 Å². The Morgan fingerprint density at radius 2 is 2.00 bits per heavy atom. The molecule has 56 valence electrons. The van der Waals surface area contributed by atoms with Gasteiger partial charge in [0.1, 0.15) is 0 Å². The Labute approximate surface area is 65.9 Å². The summed E-state index contributed by atoms with van der Waals surface area (Å²) >= 11 is 0. The highest BCUT2D eigenvalue weighted by molar-refractivity contribution is 5.76. The van der Waals surface area contributed by atoms with E-state index in [0.717, 1.165) is 10.9 Å². The van der Waals surface area contributed by atoms with E-state index in [0.29, 0.717) is 0 Å². The molecule has 0 amide bonds. The van der Waals surface area contributed by atoms with Crippen molar-refractivity contribution in [2.24, 2.45) is 0 Å². The van der Waals surface area contributed by atoms with Crippen LogP contribution in [0.4, 0.5) is 0 Å². The van der Waals surface area contributed by atoms with Gasteiger partial charge < -0.3 is 0 Å². The molecule has 0 radical (unpaired) electrons. The first-order chi connectivity index (χ1) is 4.97. The zero-order valence-electron chi connectivity index (χ0n) is 5.36. The normalized spacial score (nSPS) is 9.09. The van der Waals surface area contributed by atoms with E-state index in [1.165, 1.54) is 0 Å². The largest absolute Gasteiger partial charge is 0.262 e. The van der Waals surface area contributed by atoms with Crippen molar-refractivity contribution in [1.82, 2.24) is 9.97 Å². The fourth-order valence-electron chi connectivity index (χ4n) is 0.916. The molecule has 0 aliphatic heterocycles. The maximum atomic E-state index is 4.12. The van der Waals surface area contributed by atoms with E-state index in [1.807, 2.05) is 18.2 Å². The molecule has 0 bridgehead atoms. The minimum atomic E-state index is 0. The van der Waals surface area contributed by atoms with Gasteiger partial charge in [-0.3, -0.25) is 9.97 Å². The standard InChI is InChI=1S/C8H6N2.CH4/c1-2-7-3-5-9-6-8(7)10-4-1;/h1-6H;1H4. The van der Waals surface area contributed by atoms with Gasteiger partial charge in [0.05, 0.1) is 11.7 Å². The zero-order valence-corrected chi connectivity index (χ0v) is 5.36. The summed E-state index contributed by atoms with van der Waals surface area (Å²) in [6.45, 7) is 0. The third kappa shape index (κ3) is 1.34. The third-order valence-corrected chi connectivity index (χ3v) is 1.41. The zero-order chi connectivity index (χ0) is 6.81. The van der Waals surface area contributed by atoms with Gasteiger partial charge in [-0.2, -0.15) is 0 Å². The fourth-order valence-corrected chi connectivity index (χ4v) is 0.916. The minimum Gasteiger partial charge on any atom is -0.262 e.